The molecule has 1 aromatic heterocycles. The van der Waals surface area contributed by atoms with Gasteiger partial charge in [0.15, 0.2) is 0 Å². The number of amides is 1. The molecule has 132 valence electrons. The van der Waals surface area contributed by atoms with Crippen LogP contribution in [0.25, 0.3) is 0 Å². The van der Waals surface area contributed by atoms with Crippen molar-refractivity contribution < 1.29 is 13.2 Å². The van der Waals surface area contributed by atoms with Gasteiger partial charge in [-0.2, -0.15) is 0 Å². The van der Waals surface area contributed by atoms with E-state index in [1.165, 1.54) is 18.7 Å². The number of rotatable bonds is 4. The minimum atomic E-state index is -3.53. The molecule has 3 rings (SSSR count). The van der Waals surface area contributed by atoms with E-state index >= 15 is 0 Å². The van der Waals surface area contributed by atoms with Crippen molar-refractivity contribution in [3.05, 3.63) is 24.5 Å². The van der Waals surface area contributed by atoms with Crippen molar-refractivity contribution in [3.63, 3.8) is 0 Å². The maximum atomic E-state index is 12.5. The molecule has 1 amide bonds. The highest BCUT2D eigenvalue weighted by molar-refractivity contribution is 7.89. The molecule has 1 aromatic rings. The Labute approximate surface area is 143 Å². The third kappa shape index (κ3) is 4.13. The van der Waals surface area contributed by atoms with Crippen LogP contribution in [-0.4, -0.2) is 43.3 Å². The molecule has 1 saturated carbocycles. The summed E-state index contributed by atoms with van der Waals surface area (Å²) in [5.74, 6) is 0.450. The van der Waals surface area contributed by atoms with Gasteiger partial charge in [-0.15, -0.1) is 0 Å². The molecule has 1 N–H and O–H groups in total. The lowest BCUT2D eigenvalue weighted by Gasteiger charge is -2.35. The molecule has 2 heterocycles. The van der Waals surface area contributed by atoms with Gasteiger partial charge in [0.25, 0.3) is 0 Å². The van der Waals surface area contributed by atoms with Gasteiger partial charge in [-0.3, -0.25) is 9.78 Å². The highest BCUT2D eigenvalue weighted by Crippen LogP contribution is 2.26. The Morgan fingerprint density at radius 1 is 1.12 bits per heavy atom. The van der Waals surface area contributed by atoms with Crippen molar-refractivity contribution in [1.82, 2.24) is 14.6 Å². The third-order valence-electron chi connectivity index (χ3n) is 5.03. The molecule has 2 aliphatic rings. The first-order chi connectivity index (χ1) is 11.6. The Kier molecular flexibility index (Phi) is 5.50. The van der Waals surface area contributed by atoms with Gasteiger partial charge in [0.2, 0.25) is 15.9 Å². The Bertz CT molecular complexity index is 649. The fraction of sp³-hybridized carbons (Fsp3) is 0.647. The normalized spacial score (nSPS) is 20.9. The predicted molar refractivity (Wildman–Crippen MR) is 90.7 cm³/mol. The van der Waals surface area contributed by atoms with E-state index in [9.17, 15) is 13.2 Å². The Balaban J connectivity index is 1.52. The van der Waals surface area contributed by atoms with E-state index in [0.29, 0.717) is 25.9 Å². The molecule has 2 fully saturated rings. The van der Waals surface area contributed by atoms with E-state index in [0.717, 1.165) is 25.7 Å². The molecule has 0 aromatic carbocycles. The van der Waals surface area contributed by atoms with Crippen LogP contribution in [0.5, 0.6) is 0 Å². The molecular weight excluding hydrogens is 326 g/mol. The molecule has 0 radical (unpaired) electrons. The van der Waals surface area contributed by atoms with Crippen LogP contribution in [0, 0.1) is 5.92 Å². The minimum Gasteiger partial charge on any atom is -0.342 e. The summed E-state index contributed by atoms with van der Waals surface area (Å²) in [6.45, 7) is 1.27. The standard InChI is InChI=1S/C17H25N3O3S/c21-17(14-5-2-1-3-6-14)20-11-8-15(9-12-20)19-24(22,23)16-7-4-10-18-13-16/h4,7,10,13-15,19H,1-3,5-6,8-9,11-12H2. The van der Waals surface area contributed by atoms with Crippen LogP contribution in [0.15, 0.2) is 29.4 Å². The predicted octanol–water partition coefficient (Wildman–Crippen LogP) is 1.93. The molecule has 0 unspecified atom stereocenters. The summed E-state index contributed by atoms with van der Waals surface area (Å²) in [6, 6.07) is 3.03. The van der Waals surface area contributed by atoms with Crippen molar-refractivity contribution >= 4 is 15.9 Å². The minimum absolute atomic E-state index is 0.120. The second kappa shape index (κ2) is 7.61. The maximum absolute atomic E-state index is 12.5. The number of carbonyl (C=O) groups excluding carboxylic acids is 1. The summed E-state index contributed by atoms with van der Waals surface area (Å²) in [4.78, 5) is 18.5. The average molecular weight is 351 g/mol. The van der Waals surface area contributed by atoms with Gasteiger partial charge >= 0.3 is 0 Å². The number of hydrogen-bond acceptors (Lipinski definition) is 4. The molecule has 0 bridgehead atoms. The highest BCUT2D eigenvalue weighted by Gasteiger charge is 2.30. The largest absolute Gasteiger partial charge is 0.342 e. The van der Waals surface area contributed by atoms with Crippen molar-refractivity contribution in [2.45, 2.75) is 55.9 Å². The van der Waals surface area contributed by atoms with Crippen molar-refractivity contribution in [1.29, 1.82) is 0 Å². The number of aromatic nitrogens is 1. The molecular formula is C17H25N3O3S. The van der Waals surface area contributed by atoms with Crippen LogP contribution < -0.4 is 4.72 Å². The van der Waals surface area contributed by atoms with Gasteiger partial charge in [-0.1, -0.05) is 19.3 Å². The summed E-state index contributed by atoms with van der Waals surface area (Å²) < 4.78 is 27.4. The van der Waals surface area contributed by atoms with Crippen molar-refractivity contribution in [3.8, 4) is 0 Å². The zero-order valence-electron chi connectivity index (χ0n) is 13.9. The van der Waals surface area contributed by atoms with E-state index in [1.54, 1.807) is 12.3 Å². The topological polar surface area (TPSA) is 79.4 Å². The van der Waals surface area contributed by atoms with Gasteiger partial charge in [-0.05, 0) is 37.8 Å². The van der Waals surface area contributed by atoms with E-state index in [1.807, 2.05) is 4.90 Å². The number of sulfonamides is 1. The summed E-state index contributed by atoms with van der Waals surface area (Å²) in [6.07, 6.45) is 9.78. The Hall–Kier alpha value is -1.47. The first-order valence-corrected chi connectivity index (χ1v) is 10.3. The molecule has 6 nitrogen and oxygen atoms in total. The SMILES string of the molecule is O=C(C1CCCCC1)N1CCC(NS(=O)(=O)c2cccnc2)CC1. The van der Waals surface area contributed by atoms with Gasteiger partial charge < -0.3 is 4.90 Å². The lowest BCUT2D eigenvalue weighted by atomic mass is 9.87. The maximum Gasteiger partial charge on any atom is 0.242 e. The summed E-state index contributed by atoms with van der Waals surface area (Å²) in [5.41, 5.74) is 0. The average Bonchev–Trinajstić information content (AvgIpc) is 2.63. The monoisotopic (exact) mass is 351 g/mol. The molecule has 1 aliphatic heterocycles. The van der Waals surface area contributed by atoms with Gasteiger partial charge in [-0.25, -0.2) is 13.1 Å². The highest BCUT2D eigenvalue weighted by atomic mass is 32.2. The molecule has 7 heteroatoms. The van der Waals surface area contributed by atoms with E-state index in [-0.39, 0.29) is 22.8 Å². The van der Waals surface area contributed by atoms with Crippen LogP contribution in [0.3, 0.4) is 0 Å². The number of pyridine rings is 1. The third-order valence-corrected chi connectivity index (χ3v) is 6.53. The number of likely N-dealkylation sites (tertiary alicyclic amines) is 1. The zero-order valence-corrected chi connectivity index (χ0v) is 14.7. The Morgan fingerprint density at radius 2 is 1.83 bits per heavy atom. The van der Waals surface area contributed by atoms with Crippen LogP contribution >= 0.6 is 0 Å². The smallest absolute Gasteiger partial charge is 0.242 e. The first kappa shape index (κ1) is 17.4. The summed E-state index contributed by atoms with van der Waals surface area (Å²) in [5, 5.41) is 0. The van der Waals surface area contributed by atoms with E-state index in [4.69, 9.17) is 0 Å². The van der Waals surface area contributed by atoms with Gasteiger partial charge in [0, 0.05) is 37.4 Å². The van der Waals surface area contributed by atoms with Crippen LogP contribution in [0.4, 0.5) is 0 Å². The molecule has 0 spiro atoms. The number of carbonyl (C=O) groups is 1. The van der Waals surface area contributed by atoms with Crippen LogP contribution in [0.2, 0.25) is 0 Å². The van der Waals surface area contributed by atoms with Crippen molar-refractivity contribution in [2.75, 3.05) is 13.1 Å². The second-order valence-electron chi connectivity index (χ2n) is 6.74. The van der Waals surface area contributed by atoms with Crippen molar-refractivity contribution in [2.24, 2.45) is 5.92 Å². The molecule has 1 saturated heterocycles. The number of nitrogens with one attached hydrogen (secondary N) is 1. The first-order valence-electron chi connectivity index (χ1n) is 8.77. The van der Waals surface area contributed by atoms with E-state index < -0.39 is 10.0 Å². The lowest BCUT2D eigenvalue weighted by molar-refractivity contribution is -0.137. The fourth-order valence-corrected chi connectivity index (χ4v) is 4.89. The fourth-order valence-electron chi connectivity index (χ4n) is 3.62. The zero-order chi connectivity index (χ0) is 17.0. The number of nitrogens with zero attached hydrogens (tertiary/aromatic N) is 2. The Morgan fingerprint density at radius 3 is 2.46 bits per heavy atom. The number of piperidine rings is 1. The van der Waals surface area contributed by atoms with Gasteiger partial charge in [0.1, 0.15) is 4.90 Å². The van der Waals surface area contributed by atoms with Crippen LogP contribution in [-0.2, 0) is 14.8 Å². The molecule has 0 atom stereocenters. The lowest BCUT2D eigenvalue weighted by Crippen LogP contribution is -2.48. The summed E-state index contributed by atoms with van der Waals surface area (Å²) in [7, 11) is -3.53. The van der Waals surface area contributed by atoms with E-state index in [2.05, 4.69) is 9.71 Å². The molecule has 1 aliphatic carbocycles. The molecule has 24 heavy (non-hydrogen) atoms. The quantitative estimate of drug-likeness (QED) is 0.899. The van der Waals surface area contributed by atoms with Gasteiger partial charge in [0.05, 0.1) is 0 Å². The second-order valence-corrected chi connectivity index (χ2v) is 8.46. The number of hydrogen-bond donors (Lipinski definition) is 1. The summed E-state index contributed by atoms with van der Waals surface area (Å²) >= 11 is 0. The van der Waals surface area contributed by atoms with Crippen LogP contribution in [0.1, 0.15) is 44.9 Å².